The van der Waals surface area contributed by atoms with E-state index >= 15 is 0 Å². The van der Waals surface area contributed by atoms with E-state index in [0.717, 1.165) is 18.4 Å². The summed E-state index contributed by atoms with van der Waals surface area (Å²) in [6.45, 7) is 31.0. The van der Waals surface area contributed by atoms with E-state index in [0.29, 0.717) is 5.75 Å². The van der Waals surface area contributed by atoms with E-state index in [-0.39, 0.29) is 21.7 Å². The molecular weight excluding hydrogens is 816 g/mol. The Kier molecular flexibility index (Phi) is 16.9. The van der Waals surface area contributed by atoms with Crippen molar-refractivity contribution in [2.75, 3.05) is 0 Å². The van der Waals surface area contributed by atoms with Gasteiger partial charge in [0, 0.05) is 0 Å². The van der Waals surface area contributed by atoms with Gasteiger partial charge in [-0.1, -0.05) is 194 Å². The van der Waals surface area contributed by atoms with Crippen LogP contribution in [0.1, 0.15) is 143 Å². The second-order valence-corrected chi connectivity index (χ2v) is 20.7. The summed E-state index contributed by atoms with van der Waals surface area (Å²) in [6, 6.07) is 46.7. The minimum absolute atomic E-state index is 0.00859. The van der Waals surface area contributed by atoms with E-state index in [4.69, 9.17) is 0 Å². The van der Waals surface area contributed by atoms with E-state index in [1.54, 1.807) is 6.07 Å². The predicted molar refractivity (Wildman–Crippen MR) is 268 cm³/mol. The first-order valence-electron chi connectivity index (χ1n) is 22.4. The Morgan fingerprint density at radius 3 is 1.15 bits per heavy atom. The van der Waals surface area contributed by atoms with Gasteiger partial charge >= 0.3 is 28.4 Å². The molecule has 0 heterocycles. The number of aromatic hydroxyl groups is 1. The van der Waals surface area contributed by atoms with Gasteiger partial charge in [0.05, 0.1) is 0 Å². The summed E-state index contributed by atoms with van der Waals surface area (Å²) in [5.41, 5.74) is 13.8. The first-order chi connectivity index (χ1) is 28.6. The molecular formula is C59H74OZr. The van der Waals surface area contributed by atoms with Crippen molar-refractivity contribution in [2.45, 2.75) is 144 Å². The van der Waals surface area contributed by atoms with Gasteiger partial charge in [0.1, 0.15) is 5.75 Å². The van der Waals surface area contributed by atoms with E-state index in [9.17, 15) is 5.11 Å². The molecule has 0 bridgehead atoms. The Hall–Kier alpha value is -4.13. The Morgan fingerprint density at radius 2 is 0.820 bits per heavy atom. The van der Waals surface area contributed by atoms with Gasteiger partial charge in [-0.15, -0.1) is 69.1 Å². The van der Waals surface area contributed by atoms with Crippen molar-refractivity contribution in [3.63, 3.8) is 0 Å². The fourth-order valence-electron chi connectivity index (χ4n) is 7.87. The van der Waals surface area contributed by atoms with Gasteiger partial charge in [0.15, 0.2) is 0 Å². The van der Waals surface area contributed by atoms with Gasteiger partial charge in [-0.2, -0.15) is 12.1 Å². The summed E-state index contributed by atoms with van der Waals surface area (Å²) in [7, 11) is 0. The molecule has 1 nitrogen and oxygen atoms in total. The Labute approximate surface area is 385 Å². The number of phenolic OH excluding ortho intramolecular Hbond substituents is 1. The van der Waals surface area contributed by atoms with Crippen molar-refractivity contribution in [2.24, 2.45) is 0 Å². The zero-order chi connectivity index (χ0) is 45.3. The molecule has 7 aromatic rings. The fraction of sp³-hybridized carbons (Fsp3) is 0.373. The SMILES string of the molecule is CC(C)(C)c1ccc(O)c(C(C)(C)C)c1.CCCc1cc2c(-c3ccc(C(C)(C)C)cc3)cccc2[cH-]1.CCCc1cc2c(-c3ccc(C(C)(C)C)cc3)cccc2[cH-]1.[CH2]=[Zr+2]. The fourth-order valence-corrected chi connectivity index (χ4v) is 7.87. The molecule has 2 heteroatoms. The molecule has 0 unspecified atom stereocenters. The maximum absolute atomic E-state index is 9.84. The number of phenols is 1. The molecule has 61 heavy (non-hydrogen) atoms. The molecule has 320 valence electrons. The molecule has 7 rings (SSSR count). The van der Waals surface area contributed by atoms with Crippen molar-refractivity contribution in [1.82, 2.24) is 0 Å². The topological polar surface area (TPSA) is 20.2 Å². The maximum atomic E-state index is 9.84. The molecule has 0 radical (unpaired) electrons. The van der Waals surface area contributed by atoms with E-state index in [1.165, 1.54) is 109 Å². The van der Waals surface area contributed by atoms with Crippen LogP contribution in [0.3, 0.4) is 0 Å². The molecule has 0 aliphatic heterocycles. The van der Waals surface area contributed by atoms with Crippen LogP contribution >= 0.6 is 0 Å². The normalized spacial score (nSPS) is 11.9. The molecule has 0 fully saturated rings. The standard InChI is InChI=1S/2C22H25.C14H22O.CH2.Zr/c2*1-5-7-16-14-18-8-6-9-20(21(18)15-16)17-10-12-19(13-11-17)22(2,3)4;1-13(2,3)10-7-8-12(15)11(9-10)14(4,5)6;;/h2*6,8-15H,5,7H2,1-4H3;7-9,15H,1-6H3;1H2;/q2*-1;;;+2. The average Bonchev–Trinajstić information content (AvgIpc) is 3.82. The van der Waals surface area contributed by atoms with Crippen LogP contribution in [0.2, 0.25) is 0 Å². The van der Waals surface area contributed by atoms with Crippen LogP contribution in [0.4, 0.5) is 0 Å². The average molecular weight is 890 g/mol. The molecule has 0 aromatic heterocycles. The predicted octanol–water partition coefficient (Wildman–Crippen LogP) is 16.9. The molecule has 0 saturated heterocycles. The van der Waals surface area contributed by atoms with E-state index in [1.807, 2.05) is 6.07 Å². The number of hydrogen-bond acceptors (Lipinski definition) is 1. The quantitative estimate of drug-likeness (QED) is 0.165. The minimum atomic E-state index is -0.00859. The number of aryl methyl sites for hydroxylation is 2. The summed E-state index contributed by atoms with van der Waals surface area (Å²) in [6.07, 6.45) is 4.73. The molecule has 0 aliphatic carbocycles. The van der Waals surface area contributed by atoms with Gasteiger partial charge in [-0.25, -0.2) is 0 Å². The Bertz CT molecular complexity index is 2300. The van der Waals surface area contributed by atoms with Crippen molar-refractivity contribution in [3.8, 4) is 28.0 Å². The second-order valence-electron chi connectivity index (χ2n) is 20.7. The molecule has 0 atom stereocenters. The summed E-state index contributed by atoms with van der Waals surface area (Å²) < 4.78 is 3.34. The molecule has 0 saturated carbocycles. The monoisotopic (exact) mass is 888 g/mol. The first kappa shape index (κ1) is 49.5. The summed E-state index contributed by atoms with van der Waals surface area (Å²) >= 11 is 1.30. The van der Waals surface area contributed by atoms with Crippen molar-refractivity contribution in [1.29, 1.82) is 0 Å². The zero-order valence-corrected chi connectivity index (χ0v) is 42.6. The Balaban J connectivity index is 0.000000201. The van der Waals surface area contributed by atoms with Gasteiger partial charge in [-0.3, -0.25) is 0 Å². The summed E-state index contributed by atoms with van der Waals surface area (Å²) in [5.74, 6) is 0.399. The van der Waals surface area contributed by atoms with Crippen LogP contribution in [0, 0.1) is 0 Å². The van der Waals surface area contributed by atoms with Crippen LogP contribution in [-0.2, 0) is 58.7 Å². The van der Waals surface area contributed by atoms with Crippen LogP contribution < -0.4 is 0 Å². The van der Waals surface area contributed by atoms with Gasteiger partial charge in [0.2, 0.25) is 0 Å². The number of benzene rings is 5. The Morgan fingerprint density at radius 1 is 0.459 bits per heavy atom. The third-order valence-electron chi connectivity index (χ3n) is 11.5. The second kappa shape index (κ2) is 20.8. The third-order valence-corrected chi connectivity index (χ3v) is 11.5. The van der Waals surface area contributed by atoms with Crippen molar-refractivity contribution >= 4 is 25.8 Å². The van der Waals surface area contributed by atoms with Gasteiger partial charge in [-0.05, 0) is 73.9 Å². The zero-order valence-electron chi connectivity index (χ0n) is 40.1. The molecule has 7 aromatic carbocycles. The molecule has 0 amide bonds. The van der Waals surface area contributed by atoms with Crippen LogP contribution in [-0.4, -0.2) is 9.32 Å². The first-order valence-corrected chi connectivity index (χ1v) is 24.1. The molecule has 1 N–H and O–H groups in total. The number of fused-ring (bicyclic) bond motifs is 2. The number of hydrogen-bond donors (Lipinski definition) is 1. The van der Waals surface area contributed by atoms with Gasteiger partial charge < -0.3 is 5.11 Å². The van der Waals surface area contributed by atoms with E-state index < -0.39 is 0 Å². The van der Waals surface area contributed by atoms with Crippen LogP contribution in [0.5, 0.6) is 5.75 Å². The van der Waals surface area contributed by atoms with Crippen molar-refractivity contribution in [3.05, 3.63) is 161 Å². The van der Waals surface area contributed by atoms with Crippen molar-refractivity contribution < 1.29 is 29.3 Å². The van der Waals surface area contributed by atoms with Crippen LogP contribution in [0.15, 0.2) is 127 Å². The third kappa shape index (κ3) is 13.2. The number of rotatable bonds is 6. The summed E-state index contributed by atoms with van der Waals surface area (Å²) in [4.78, 5) is 0. The van der Waals surface area contributed by atoms with E-state index in [2.05, 4.69) is 216 Å². The molecule has 0 aliphatic rings. The van der Waals surface area contributed by atoms with Gasteiger partial charge in [0.25, 0.3) is 0 Å². The summed E-state index contributed by atoms with van der Waals surface area (Å²) in [5, 5.41) is 15.3. The van der Waals surface area contributed by atoms with Crippen LogP contribution in [0.25, 0.3) is 43.8 Å². The molecule has 0 spiro atoms.